The molecule has 5 nitrogen and oxygen atoms in total. The largest absolute Gasteiger partial charge is 0.507 e. The maximum Gasteiger partial charge on any atom is 0.294 e. The van der Waals surface area contributed by atoms with Crippen LogP contribution in [0.4, 0.5) is 0 Å². The van der Waals surface area contributed by atoms with Crippen molar-refractivity contribution in [1.29, 1.82) is 0 Å². The van der Waals surface area contributed by atoms with Gasteiger partial charge in [-0.1, -0.05) is 24.3 Å². The molecule has 18 heavy (non-hydrogen) atoms. The molecule has 6 heteroatoms. The lowest BCUT2D eigenvalue weighted by Crippen LogP contribution is -2.29. The molecule has 0 heterocycles. The minimum atomic E-state index is -4.35. The van der Waals surface area contributed by atoms with Crippen molar-refractivity contribution in [1.82, 2.24) is 0 Å². The van der Waals surface area contributed by atoms with Crippen molar-refractivity contribution in [2.24, 2.45) is 5.73 Å². The van der Waals surface area contributed by atoms with Gasteiger partial charge in [-0.15, -0.1) is 0 Å². The van der Waals surface area contributed by atoms with E-state index in [4.69, 9.17) is 10.3 Å². The number of aromatic hydroxyl groups is 1. The van der Waals surface area contributed by atoms with E-state index in [0.29, 0.717) is 11.1 Å². The average molecular weight is 267 g/mol. The van der Waals surface area contributed by atoms with Crippen LogP contribution in [0.2, 0.25) is 0 Å². The monoisotopic (exact) mass is 267 g/mol. The number of rotatable bonds is 1. The number of phenols is 1. The highest BCUT2D eigenvalue weighted by Gasteiger charge is 2.18. The molecule has 0 radical (unpaired) electrons. The lowest BCUT2D eigenvalue weighted by molar-refractivity contribution is 0.465. The van der Waals surface area contributed by atoms with E-state index < -0.39 is 15.7 Å². The highest BCUT2D eigenvalue weighted by molar-refractivity contribution is 7.85. The molecule has 0 amide bonds. The Morgan fingerprint density at radius 2 is 1.83 bits per heavy atom. The second-order valence-electron chi connectivity index (χ2n) is 4.45. The fourth-order valence-corrected chi connectivity index (χ4v) is 2.23. The average Bonchev–Trinajstić information content (AvgIpc) is 2.37. The molecule has 0 aromatic heterocycles. The Bertz CT molecular complexity index is 657. The second-order valence-corrected chi connectivity index (χ2v) is 5.87. The Balaban J connectivity index is 2.69. The number of hydrogen-bond donors (Lipinski definition) is 3. The van der Waals surface area contributed by atoms with Gasteiger partial charge in [0.15, 0.2) is 0 Å². The van der Waals surface area contributed by atoms with Crippen molar-refractivity contribution in [3.05, 3.63) is 35.4 Å². The molecule has 1 aromatic rings. The van der Waals surface area contributed by atoms with Crippen molar-refractivity contribution < 1.29 is 18.1 Å². The molecule has 2 rings (SSSR count). The van der Waals surface area contributed by atoms with Crippen LogP contribution in [0, 0.1) is 0 Å². The van der Waals surface area contributed by atoms with Crippen LogP contribution in [0.3, 0.4) is 0 Å². The minimum Gasteiger partial charge on any atom is -0.507 e. The predicted octanol–water partition coefficient (Wildman–Crippen LogP) is 1.40. The van der Waals surface area contributed by atoms with Crippen LogP contribution in [-0.2, 0) is 10.1 Å². The number of fused-ring (bicyclic) bond motifs is 1. The van der Waals surface area contributed by atoms with E-state index in [1.54, 1.807) is 31.2 Å². The van der Waals surface area contributed by atoms with Crippen molar-refractivity contribution >= 4 is 22.3 Å². The fraction of sp³-hybridized carbons (Fsp3) is 0.167. The van der Waals surface area contributed by atoms with Gasteiger partial charge in [0.25, 0.3) is 10.1 Å². The Morgan fingerprint density at radius 3 is 2.44 bits per heavy atom. The fourth-order valence-electron chi connectivity index (χ4n) is 1.69. The smallest absolute Gasteiger partial charge is 0.294 e. The van der Waals surface area contributed by atoms with E-state index in [9.17, 15) is 13.5 Å². The third-order valence-electron chi connectivity index (χ3n) is 2.69. The zero-order chi connectivity index (χ0) is 13.6. The first-order chi connectivity index (χ1) is 8.19. The van der Waals surface area contributed by atoms with Gasteiger partial charge in [-0.25, -0.2) is 0 Å². The van der Waals surface area contributed by atoms with E-state index in [2.05, 4.69) is 0 Å². The zero-order valence-electron chi connectivity index (χ0n) is 9.66. The Labute approximate surface area is 105 Å². The van der Waals surface area contributed by atoms with E-state index >= 15 is 0 Å². The summed E-state index contributed by atoms with van der Waals surface area (Å²) in [4.78, 5) is -0.350. The van der Waals surface area contributed by atoms with Gasteiger partial charge in [-0.3, -0.25) is 4.55 Å². The summed E-state index contributed by atoms with van der Waals surface area (Å²) in [5.74, 6) is -0.223. The van der Waals surface area contributed by atoms with Gasteiger partial charge in [0, 0.05) is 11.6 Å². The maximum atomic E-state index is 11.1. The SMILES string of the molecule is CC1(N)C=Cc2cc(S(=O)(=O)O)cc(O)c2C=C1. The van der Waals surface area contributed by atoms with E-state index in [1.165, 1.54) is 6.07 Å². The number of hydrogen-bond acceptors (Lipinski definition) is 4. The molecule has 0 saturated heterocycles. The normalized spacial score (nSPS) is 22.6. The van der Waals surface area contributed by atoms with E-state index in [1.807, 2.05) is 0 Å². The van der Waals surface area contributed by atoms with Gasteiger partial charge >= 0.3 is 0 Å². The van der Waals surface area contributed by atoms with Crippen LogP contribution in [0.1, 0.15) is 18.1 Å². The van der Waals surface area contributed by atoms with Crippen molar-refractivity contribution in [3.63, 3.8) is 0 Å². The lowest BCUT2D eigenvalue weighted by Gasteiger charge is -2.12. The van der Waals surface area contributed by atoms with Gasteiger partial charge in [0.05, 0.1) is 10.4 Å². The summed E-state index contributed by atoms with van der Waals surface area (Å²) in [6, 6.07) is 2.29. The molecule has 96 valence electrons. The van der Waals surface area contributed by atoms with Gasteiger partial charge in [0.1, 0.15) is 5.75 Å². The van der Waals surface area contributed by atoms with Crippen LogP contribution >= 0.6 is 0 Å². The predicted molar refractivity (Wildman–Crippen MR) is 68.6 cm³/mol. The molecule has 0 aliphatic heterocycles. The summed E-state index contributed by atoms with van der Waals surface area (Å²) in [5.41, 5.74) is 6.18. The van der Waals surface area contributed by atoms with Crippen LogP contribution in [0.5, 0.6) is 5.75 Å². The Morgan fingerprint density at radius 1 is 1.22 bits per heavy atom. The van der Waals surface area contributed by atoms with Crippen LogP contribution in [-0.4, -0.2) is 23.6 Å². The van der Waals surface area contributed by atoms with Gasteiger partial charge in [-0.05, 0) is 18.6 Å². The Kier molecular flexibility index (Phi) is 2.81. The van der Waals surface area contributed by atoms with Crippen LogP contribution < -0.4 is 5.73 Å². The molecule has 0 fully saturated rings. The number of benzene rings is 1. The minimum absolute atomic E-state index is 0.223. The van der Waals surface area contributed by atoms with E-state index in [-0.39, 0.29) is 10.6 Å². The summed E-state index contributed by atoms with van der Waals surface area (Å²) in [5, 5.41) is 9.79. The molecule has 0 spiro atoms. The molecule has 1 atom stereocenters. The highest BCUT2D eigenvalue weighted by atomic mass is 32.2. The molecule has 0 bridgehead atoms. The molecule has 4 N–H and O–H groups in total. The van der Waals surface area contributed by atoms with E-state index in [0.717, 1.165) is 6.07 Å². The number of phenolic OH excluding ortho intramolecular Hbond substituents is 1. The molecule has 1 aliphatic carbocycles. The topological polar surface area (TPSA) is 101 Å². The summed E-state index contributed by atoms with van der Waals surface area (Å²) in [6.45, 7) is 1.77. The first-order valence-corrected chi connectivity index (χ1v) is 6.65. The molecular weight excluding hydrogens is 254 g/mol. The van der Waals surface area contributed by atoms with Crippen molar-refractivity contribution in [2.45, 2.75) is 17.4 Å². The molecule has 0 saturated carbocycles. The first-order valence-electron chi connectivity index (χ1n) is 5.21. The van der Waals surface area contributed by atoms with Crippen LogP contribution in [0.25, 0.3) is 12.2 Å². The van der Waals surface area contributed by atoms with Crippen molar-refractivity contribution in [2.75, 3.05) is 0 Å². The summed E-state index contributed by atoms with van der Waals surface area (Å²) in [7, 11) is -4.35. The quantitative estimate of drug-likeness (QED) is 0.668. The lowest BCUT2D eigenvalue weighted by atomic mass is 10.0. The van der Waals surface area contributed by atoms with Crippen LogP contribution in [0.15, 0.2) is 29.2 Å². The second kappa shape index (κ2) is 3.94. The number of nitrogens with two attached hydrogens (primary N) is 1. The molecular formula is C12H13NO4S. The van der Waals surface area contributed by atoms with Gasteiger partial charge < -0.3 is 10.8 Å². The first kappa shape index (κ1) is 12.8. The van der Waals surface area contributed by atoms with Gasteiger partial charge in [0.2, 0.25) is 0 Å². The highest BCUT2D eigenvalue weighted by Crippen LogP contribution is 2.31. The third kappa shape index (κ3) is 2.45. The van der Waals surface area contributed by atoms with Crippen molar-refractivity contribution in [3.8, 4) is 5.75 Å². The molecule has 1 aromatic carbocycles. The third-order valence-corrected chi connectivity index (χ3v) is 3.52. The standard InChI is InChI=1S/C12H13NO4S/c1-12(13)4-2-8-6-9(18(15,16)17)7-11(14)10(8)3-5-12/h2-7,14H,13H2,1H3,(H,15,16,17). The summed E-state index contributed by atoms with van der Waals surface area (Å²) >= 11 is 0. The Hall–Kier alpha value is -1.63. The zero-order valence-corrected chi connectivity index (χ0v) is 10.5. The molecule has 1 unspecified atom stereocenters. The van der Waals surface area contributed by atoms with Gasteiger partial charge in [-0.2, -0.15) is 8.42 Å². The summed E-state index contributed by atoms with van der Waals surface area (Å²) < 4.78 is 31.1. The molecule has 1 aliphatic rings. The maximum absolute atomic E-state index is 11.1. The summed E-state index contributed by atoms with van der Waals surface area (Å²) in [6.07, 6.45) is 6.62.